The lowest BCUT2D eigenvalue weighted by Crippen LogP contribution is -2.33. The summed E-state index contributed by atoms with van der Waals surface area (Å²) in [6.07, 6.45) is 1.20. The van der Waals surface area contributed by atoms with Crippen LogP contribution in [0.1, 0.15) is 36.2 Å². The van der Waals surface area contributed by atoms with Crippen molar-refractivity contribution in [2.75, 3.05) is 5.75 Å². The first-order chi connectivity index (χ1) is 8.15. The summed E-state index contributed by atoms with van der Waals surface area (Å²) in [4.78, 5) is 10.8. The summed E-state index contributed by atoms with van der Waals surface area (Å²) >= 11 is 1.59. The molecule has 0 aromatic carbocycles. The van der Waals surface area contributed by atoms with Crippen LogP contribution in [-0.4, -0.2) is 22.9 Å². The number of aliphatic carboxylic acids is 1. The van der Waals surface area contributed by atoms with Gasteiger partial charge in [0.25, 0.3) is 0 Å². The maximum Gasteiger partial charge on any atom is 0.321 e. The van der Waals surface area contributed by atoms with E-state index in [2.05, 4.69) is 12.2 Å². The summed E-state index contributed by atoms with van der Waals surface area (Å²) in [5, 5.41) is 12.0. The van der Waals surface area contributed by atoms with Crippen molar-refractivity contribution in [2.45, 2.75) is 30.7 Å². The molecule has 1 aliphatic heterocycles. The second kappa shape index (κ2) is 4.07. The summed E-state index contributed by atoms with van der Waals surface area (Å²) in [6.45, 7) is 2.22. The van der Waals surface area contributed by atoms with Gasteiger partial charge < -0.3 is 9.52 Å². The monoisotopic (exact) mass is 253 g/mol. The lowest BCUT2D eigenvalue weighted by molar-refractivity contribution is -0.138. The Morgan fingerprint density at radius 2 is 2.24 bits per heavy atom. The molecule has 2 aliphatic rings. The van der Waals surface area contributed by atoms with E-state index in [4.69, 9.17) is 9.52 Å². The van der Waals surface area contributed by atoms with Gasteiger partial charge in [0.2, 0.25) is 0 Å². The van der Waals surface area contributed by atoms with E-state index < -0.39 is 12.0 Å². The van der Waals surface area contributed by atoms with Crippen LogP contribution >= 0.6 is 11.8 Å². The third kappa shape index (κ3) is 2.09. The van der Waals surface area contributed by atoms with Gasteiger partial charge in [0.1, 0.15) is 22.9 Å². The fourth-order valence-electron chi connectivity index (χ4n) is 2.21. The summed E-state index contributed by atoms with van der Waals surface area (Å²) < 4.78 is 5.81. The highest BCUT2D eigenvalue weighted by molar-refractivity contribution is 7.99. The van der Waals surface area contributed by atoms with Crippen LogP contribution in [0.25, 0.3) is 0 Å². The van der Waals surface area contributed by atoms with Gasteiger partial charge in [-0.15, -0.1) is 11.8 Å². The van der Waals surface area contributed by atoms with Crippen molar-refractivity contribution in [1.82, 2.24) is 5.32 Å². The Morgan fingerprint density at radius 3 is 2.82 bits per heavy atom. The van der Waals surface area contributed by atoms with Crippen molar-refractivity contribution < 1.29 is 14.3 Å². The van der Waals surface area contributed by atoms with Gasteiger partial charge in [0, 0.05) is 11.7 Å². The Bertz CT molecular complexity index is 445. The van der Waals surface area contributed by atoms with Crippen molar-refractivity contribution in [3.05, 3.63) is 23.7 Å². The smallest absolute Gasteiger partial charge is 0.321 e. The van der Waals surface area contributed by atoms with Crippen LogP contribution in [-0.2, 0) is 4.79 Å². The number of carboxylic acids is 1. The van der Waals surface area contributed by atoms with Gasteiger partial charge in [-0.05, 0) is 24.5 Å². The van der Waals surface area contributed by atoms with Crippen LogP contribution in [0, 0.1) is 5.92 Å². The van der Waals surface area contributed by atoms with Crippen LogP contribution in [0.15, 0.2) is 16.5 Å². The predicted octanol–water partition coefficient (Wildman–Crippen LogP) is 2.19. The Morgan fingerprint density at radius 1 is 1.53 bits per heavy atom. The lowest BCUT2D eigenvalue weighted by atomic mass is 10.3. The predicted molar refractivity (Wildman–Crippen MR) is 65.0 cm³/mol. The van der Waals surface area contributed by atoms with Crippen molar-refractivity contribution in [3.63, 3.8) is 0 Å². The van der Waals surface area contributed by atoms with E-state index in [1.165, 1.54) is 6.42 Å². The molecule has 0 amide bonds. The molecule has 2 fully saturated rings. The molecule has 0 radical (unpaired) electrons. The van der Waals surface area contributed by atoms with Gasteiger partial charge in [-0.25, -0.2) is 0 Å². The Balaban J connectivity index is 1.69. The van der Waals surface area contributed by atoms with E-state index >= 15 is 0 Å². The topological polar surface area (TPSA) is 62.5 Å². The maximum absolute atomic E-state index is 10.8. The van der Waals surface area contributed by atoms with Gasteiger partial charge in [-0.1, -0.05) is 6.92 Å². The average Bonchev–Trinajstić information content (AvgIpc) is 2.78. The first kappa shape index (κ1) is 11.2. The quantitative estimate of drug-likeness (QED) is 0.864. The van der Waals surface area contributed by atoms with E-state index in [1.807, 2.05) is 12.1 Å². The SMILES string of the molecule is CC1CC1c1ccc(C2N[C@H](C(=O)O)CS2)o1. The highest BCUT2D eigenvalue weighted by Crippen LogP contribution is 2.48. The van der Waals surface area contributed by atoms with E-state index in [1.54, 1.807) is 11.8 Å². The van der Waals surface area contributed by atoms with Crippen molar-refractivity contribution in [3.8, 4) is 0 Å². The number of furan rings is 1. The van der Waals surface area contributed by atoms with E-state index in [0.717, 1.165) is 17.4 Å². The molecule has 17 heavy (non-hydrogen) atoms. The molecule has 5 heteroatoms. The first-order valence-electron chi connectivity index (χ1n) is 5.85. The molecule has 4 nitrogen and oxygen atoms in total. The van der Waals surface area contributed by atoms with Crippen LogP contribution in [0.5, 0.6) is 0 Å². The Hall–Kier alpha value is -0.940. The zero-order valence-corrected chi connectivity index (χ0v) is 10.4. The van der Waals surface area contributed by atoms with Crippen LogP contribution in [0.2, 0.25) is 0 Å². The van der Waals surface area contributed by atoms with Gasteiger partial charge in [0.15, 0.2) is 0 Å². The third-order valence-corrected chi connectivity index (χ3v) is 4.69. The number of hydrogen-bond donors (Lipinski definition) is 2. The molecule has 2 N–H and O–H groups in total. The largest absolute Gasteiger partial charge is 0.480 e. The Kier molecular flexibility index (Phi) is 2.67. The van der Waals surface area contributed by atoms with Crippen LogP contribution < -0.4 is 5.32 Å². The standard InChI is InChI=1S/C12H15NO3S/c1-6-4-7(6)9-2-3-10(16-9)11-13-8(5-17-11)12(14)15/h2-3,6-8,11,13H,4-5H2,1H3,(H,14,15)/t6?,7?,8-,11?/m0/s1. The minimum atomic E-state index is -0.789. The molecule has 1 aromatic rings. The molecular weight excluding hydrogens is 238 g/mol. The molecule has 0 spiro atoms. The number of thioether (sulfide) groups is 1. The lowest BCUT2D eigenvalue weighted by Gasteiger charge is -2.07. The second-order valence-corrected chi connectivity index (χ2v) is 5.97. The summed E-state index contributed by atoms with van der Waals surface area (Å²) in [5.41, 5.74) is 0. The van der Waals surface area contributed by atoms with Gasteiger partial charge in [-0.2, -0.15) is 0 Å². The molecule has 1 saturated carbocycles. The summed E-state index contributed by atoms with van der Waals surface area (Å²) in [6, 6.07) is 3.54. The van der Waals surface area contributed by atoms with E-state index in [-0.39, 0.29) is 5.37 Å². The summed E-state index contributed by atoms with van der Waals surface area (Å²) in [7, 11) is 0. The van der Waals surface area contributed by atoms with Crippen molar-refractivity contribution in [1.29, 1.82) is 0 Å². The van der Waals surface area contributed by atoms with Gasteiger partial charge in [-0.3, -0.25) is 10.1 Å². The van der Waals surface area contributed by atoms with E-state index in [9.17, 15) is 4.79 Å². The summed E-state index contributed by atoms with van der Waals surface area (Å²) in [5.74, 6) is 3.01. The number of hydrogen-bond acceptors (Lipinski definition) is 4. The van der Waals surface area contributed by atoms with Crippen LogP contribution in [0.4, 0.5) is 0 Å². The minimum Gasteiger partial charge on any atom is -0.480 e. The molecule has 3 rings (SSSR count). The maximum atomic E-state index is 10.8. The number of rotatable bonds is 3. The molecule has 1 saturated heterocycles. The molecule has 1 aliphatic carbocycles. The zero-order valence-electron chi connectivity index (χ0n) is 9.55. The molecule has 4 atom stereocenters. The second-order valence-electron chi connectivity index (χ2n) is 4.83. The highest BCUT2D eigenvalue weighted by atomic mass is 32.2. The fraction of sp³-hybridized carbons (Fsp3) is 0.583. The normalized spacial score (nSPS) is 36.1. The number of carbonyl (C=O) groups is 1. The van der Waals surface area contributed by atoms with E-state index in [0.29, 0.717) is 11.7 Å². The third-order valence-electron chi connectivity index (χ3n) is 3.46. The fourth-order valence-corrected chi connectivity index (χ4v) is 3.38. The van der Waals surface area contributed by atoms with Gasteiger partial charge in [0.05, 0.1) is 0 Å². The van der Waals surface area contributed by atoms with Gasteiger partial charge >= 0.3 is 5.97 Å². The zero-order chi connectivity index (χ0) is 12.0. The molecule has 0 bridgehead atoms. The molecular formula is C12H15NO3S. The number of carboxylic acid groups (broad SMARTS) is 1. The molecule has 92 valence electrons. The Labute approximate surface area is 104 Å². The molecule has 2 heterocycles. The first-order valence-corrected chi connectivity index (χ1v) is 6.90. The minimum absolute atomic E-state index is 0.0149. The number of nitrogens with one attached hydrogen (secondary N) is 1. The highest BCUT2D eigenvalue weighted by Gasteiger charge is 2.38. The molecule has 3 unspecified atom stereocenters. The van der Waals surface area contributed by atoms with Crippen molar-refractivity contribution >= 4 is 17.7 Å². The van der Waals surface area contributed by atoms with Crippen LogP contribution in [0.3, 0.4) is 0 Å². The average molecular weight is 253 g/mol. The molecule has 1 aromatic heterocycles. The van der Waals surface area contributed by atoms with Crippen molar-refractivity contribution in [2.24, 2.45) is 5.92 Å².